The van der Waals surface area contributed by atoms with Gasteiger partial charge in [-0.05, 0) is 132 Å². The van der Waals surface area contributed by atoms with Crippen molar-refractivity contribution in [3.8, 4) is 0 Å². The molecule has 0 unspecified atom stereocenters. The minimum absolute atomic E-state index is 0.0100. The van der Waals surface area contributed by atoms with Crippen molar-refractivity contribution >= 4 is 5.96 Å². The molecule has 8 heteroatoms. The molecule has 0 saturated carbocycles. The fraction of sp³-hybridized carbons (Fsp3) is 0.985. The molecule has 8 nitrogen and oxygen atoms in total. The van der Waals surface area contributed by atoms with Crippen LogP contribution < -0.4 is 21.7 Å². The molecule has 5 N–H and O–H groups in total. The first-order valence-corrected chi connectivity index (χ1v) is 34.2. The normalized spacial score (nSPS) is 10.7. The van der Waals surface area contributed by atoms with Crippen molar-refractivity contribution in [3.63, 3.8) is 0 Å². The number of nitrogens with one attached hydrogen (secondary N) is 3. The van der Waals surface area contributed by atoms with Crippen LogP contribution in [0.3, 0.4) is 0 Å². The van der Waals surface area contributed by atoms with Crippen LogP contribution in [0.25, 0.3) is 0 Å². The summed E-state index contributed by atoms with van der Waals surface area (Å²) in [6, 6.07) is 0. The molecule has 0 atom stereocenters. The van der Waals surface area contributed by atoms with Crippen molar-refractivity contribution in [2.24, 2.45) is 10.7 Å². The van der Waals surface area contributed by atoms with E-state index in [0.717, 1.165) is 25.6 Å². The number of guanidine groups is 1. The van der Waals surface area contributed by atoms with Crippen molar-refractivity contribution in [3.05, 3.63) is 0 Å². The standard InChI is InChI=1S/C16H35N.C15H33N.2C10H23N.C9H21N3.C8H19N/c1-4-6-8-10-12-14-16-17(3)15-13-11-9-7-5-2;1-3-5-7-9-11-13-15-16-14-12-10-8-6-4-2;2*1-3-5-6-7-8-9-10-11-4-2;1-9(2,3)10-8(11(4)5)12(6)7;1-2-3-4-5-6-7-8-9/h4-16H2,1-3H3;16H,3-15H2,1-2H3;2*11H,3-10H2,1-2H3;1-7H3;2-9H2,1H3. The van der Waals surface area contributed by atoms with E-state index in [4.69, 9.17) is 5.73 Å². The van der Waals surface area contributed by atoms with Crippen LogP contribution in [0.2, 0.25) is 0 Å². The number of hydrogen-bond donors (Lipinski definition) is 4. The van der Waals surface area contributed by atoms with Crippen LogP contribution in [0.15, 0.2) is 4.99 Å². The van der Waals surface area contributed by atoms with Crippen LogP contribution in [0.4, 0.5) is 0 Å². The Kier molecular flexibility index (Phi) is 91.5. The second kappa shape index (κ2) is 80.5. The average molecular weight is 1080 g/mol. The van der Waals surface area contributed by atoms with Crippen LogP contribution >= 0.6 is 0 Å². The highest BCUT2D eigenvalue weighted by atomic mass is 15.3. The number of aliphatic imine (C=N–C) groups is 1. The molecule has 0 saturated heterocycles. The molecule has 0 aromatic carbocycles. The van der Waals surface area contributed by atoms with Gasteiger partial charge in [-0.1, -0.05) is 274 Å². The summed E-state index contributed by atoms with van der Waals surface area (Å²) in [6.45, 7) is 37.1. The smallest absolute Gasteiger partial charge is 0.196 e. The quantitative estimate of drug-likeness (QED) is 0.0274. The minimum atomic E-state index is -0.0100. The van der Waals surface area contributed by atoms with E-state index >= 15 is 0 Å². The zero-order valence-electron chi connectivity index (χ0n) is 56.5. The lowest BCUT2D eigenvalue weighted by Crippen LogP contribution is -2.37. The van der Waals surface area contributed by atoms with Gasteiger partial charge >= 0.3 is 0 Å². The number of rotatable bonds is 48. The maximum Gasteiger partial charge on any atom is 0.196 e. The molecule has 0 bridgehead atoms. The van der Waals surface area contributed by atoms with Gasteiger partial charge in [0.05, 0.1) is 5.54 Å². The van der Waals surface area contributed by atoms with Gasteiger partial charge in [-0.2, -0.15) is 0 Å². The van der Waals surface area contributed by atoms with Crippen LogP contribution in [-0.4, -0.2) is 120 Å². The predicted octanol–water partition coefficient (Wildman–Crippen LogP) is 19.6. The predicted molar refractivity (Wildman–Crippen MR) is 355 cm³/mol. The van der Waals surface area contributed by atoms with E-state index in [1.54, 1.807) is 0 Å². The van der Waals surface area contributed by atoms with Crippen LogP contribution in [-0.2, 0) is 0 Å². The summed E-state index contributed by atoms with van der Waals surface area (Å²) in [5, 5.41) is 10.2. The molecule has 0 aliphatic carbocycles. The van der Waals surface area contributed by atoms with Crippen molar-refractivity contribution < 1.29 is 0 Å². The second-order valence-electron chi connectivity index (χ2n) is 23.6. The molecule has 0 spiro atoms. The first-order valence-electron chi connectivity index (χ1n) is 34.2. The summed E-state index contributed by atoms with van der Waals surface area (Å²) in [6.07, 6.45) is 55.8. The van der Waals surface area contributed by atoms with Gasteiger partial charge in [-0.25, -0.2) is 4.99 Å². The maximum atomic E-state index is 5.34. The molecular weight excluding hydrogens is 929 g/mol. The average Bonchev–Trinajstić information content (AvgIpc) is 3.39. The van der Waals surface area contributed by atoms with E-state index in [2.05, 4.69) is 116 Å². The van der Waals surface area contributed by atoms with Gasteiger partial charge in [0.25, 0.3) is 0 Å². The Labute approximate surface area is 484 Å². The molecule has 0 fully saturated rings. The molecule has 76 heavy (non-hydrogen) atoms. The molecule has 0 radical (unpaired) electrons. The van der Waals surface area contributed by atoms with Crippen molar-refractivity contribution in [1.29, 1.82) is 0 Å². The highest BCUT2D eigenvalue weighted by Gasteiger charge is 2.12. The molecule has 0 heterocycles. The van der Waals surface area contributed by atoms with Crippen molar-refractivity contribution in [2.45, 2.75) is 345 Å². The first-order chi connectivity index (χ1) is 36.7. The Morgan fingerprint density at radius 2 is 0.539 bits per heavy atom. The van der Waals surface area contributed by atoms with Gasteiger partial charge in [0.15, 0.2) is 5.96 Å². The summed E-state index contributed by atoms with van der Waals surface area (Å²) < 4.78 is 0. The summed E-state index contributed by atoms with van der Waals surface area (Å²) in [5.41, 5.74) is 5.33. The number of hydrogen-bond acceptors (Lipinski definition) is 6. The van der Waals surface area contributed by atoms with Crippen molar-refractivity contribution in [2.75, 3.05) is 94.1 Å². The zero-order valence-corrected chi connectivity index (χ0v) is 56.5. The molecule has 0 aliphatic rings. The Bertz CT molecular complexity index is 888. The number of nitrogens with zero attached hydrogens (tertiary/aromatic N) is 4. The Balaban J connectivity index is -0.000000196. The molecule has 0 aromatic rings. The Morgan fingerprint density at radius 1 is 0.316 bits per heavy atom. The lowest BCUT2D eigenvalue weighted by molar-refractivity contribution is 0.314. The fourth-order valence-corrected chi connectivity index (χ4v) is 8.51. The zero-order chi connectivity index (χ0) is 58.3. The summed E-state index contributed by atoms with van der Waals surface area (Å²) in [4.78, 5) is 11.1. The molecule has 0 aliphatic heterocycles. The van der Waals surface area contributed by atoms with E-state index < -0.39 is 0 Å². The highest BCUT2D eigenvalue weighted by Crippen LogP contribution is 2.10. The third-order valence-electron chi connectivity index (χ3n) is 13.4. The van der Waals surface area contributed by atoms with E-state index in [-0.39, 0.29) is 5.54 Å². The number of unbranched alkanes of at least 4 members (excludes halogenated alkanes) is 33. The highest BCUT2D eigenvalue weighted by molar-refractivity contribution is 5.79. The third kappa shape index (κ3) is 98.5. The van der Waals surface area contributed by atoms with E-state index in [1.165, 1.54) is 296 Å². The molecule has 466 valence electrons. The van der Waals surface area contributed by atoms with Crippen LogP contribution in [0, 0.1) is 0 Å². The van der Waals surface area contributed by atoms with E-state index in [0.29, 0.717) is 0 Å². The lowest BCUT2D eigenvalue weighted by atomic mass is 10.1. The van der Waals surface area contributed by atoms with Gasteiger partial charge < -0.3 is 36.4 Å². The second-order valence-corrected chi connectivity index (χ2v) is 23.6. The number of nitrogens with two attached hydrogens (primary N) is 1. The van der Waals surface area contributed by atoms with Gasteiger partial charge in [0.2, 0.25) is 0 Å². The summed E-state index contributed by atoms with van der Waals surface area (Å²) >= 11 is 0. The fourth-order valence-electron chi connectivity index (χ4n) is 8.51. The Hall–Kier alpha value is -0.930. The molecular formula is C68H154N8. The monoisotopic (exact) mass is 1080 g/mol. The SMILES string of the molecule is CCCCCCCCN.CCCCCCCCN(C)CCCCCCC.CCCCCCCCNCC.CCCCCCCCNCC.CCCCCCCCNCCCCCCC.CN(C)C(=NC(C)(C)C)N(C)C. The van der Waals surface area contributed by atoms with Gasteiger partial charge in [0, 0.05) is 28.2 Å². The largest absolute Gasteiger partial charge is 0.349 e. The lowest BCUT2D eigenvalue weighted by Gasteiger charge is -2.26. The maximum absolute atomic E-state index is 5.34. The third-order valence-corrected chi connectivity index (χ3v) is 13.4. The van der Waals surface area contributed by atoms with E-state index in [1.807, 2.05) is 38.0 Å². The first kappa shape index (κ1) is 86.3. The topological polar surface area (TPSA) is 84.2 Å². The van der Waals surface area contributed by atoms with Gasteiger partial charge in [0.1, 0.15) is 0 Å². The van der Waals surface area contributed by atoms with Crippen LogP contribution in [0.1, 0.15) is 340 Å². The summed E-state index contributed by atoms with van der Waals surface area (Å²) in [7, 11) is 10.3. The van der Waals surface area contributed by atoms with Gasteiger partial charge in [-0.15, -0.1) is 0 Å². The van der Waals surface area contributed by atoms with Crippen LogP contribution in [0.5, 0.6) is 0 Å². The summed E-state index contributed by atoms with van der Waals surface area (Å²) in [5.74, 6) is 1.00. The minimum Gasteiger partial charge on any atom is -0.349 e. The van der Waals surface area contributed by atoms with Gasteiger partial charge in [-0.3, -0.25) is 0 Å². The molecule has 0 rings (SSSR count). The molecule has 0 aromatic heterocycles. The molecule has 0 amide bonds. The van der Waals surface area contributed by atoms with Crippen molar-refractivity contribution in [1.82, 2.24) is 30.7 Å². The Morgan fingerprint density at radius 3 is 0.750 bits per heavy atom. The van der Waals surface area contributed by atoms with E-state index in [9.17, 15) is 0 Å².